The van der Waals surface area contributed by atoms with Gasteiger partial charge in [0.05, 0.1) is 23.1 Å². The van der Waals surface area contributed by atoms with E-state index in [9.17, 15) is 5.11 Å². The molecular weight excluding hydrogens is 276 g/mol. The minimum Gasteiger partial charge on any atom is -0.507 e. The molecule has 0 spiro atoms. The number of nitrogens with zero attached hydrogens (tertiary/aromatic N) is 3. The molecular formula is C17H22N4O. The predicted octanol–water partition coefficient (Wildman–Crippen LogP) is 2.38. The van der Waals surface area contributed by atoms with Crippen LogP contribution in [0.5, 0.6) is 5.75 Å². The highest BCUT2D eigenvalue weighted by Crippen LogP contribution is 2.31. The molecule has 0 radical (unpaired) electrons. The molecule has 2 N–H and O–H groups in total. The zero-order valence-electron chi connectivity index (χ0n) is 13.1. The molecule has 5 nitrogen and oxygen atoms in total. The summed E-state index contributed by atoms with van der Waals surface area (Å²) >= 11 is 0. The van der Waals surface area contributed by atoms with E-state index in [0.29, 0.717) is 17.3 Å². The fourth-order valence-electron chi connectivity index (χ4n) is 2.76. The summed E-state index contributed by atoms with van der Waals surface area (Å²) in [6, 6.07) is 7.20. The Hall–Kier alpha value is -2.14. The second-order valence-electron chi connectivity index (χ2n) is 5.87. The van der Waals surface area contributed by atoms with Crippen LogP contribution >= 0.6 is 0 Å². The second-order valence-corrected chi connectivity index (χ2v) is 5.87. The molecule has 0 unspecified atom stereocenters. The van der Waals surface area contributed by atoms with Crippen LogP contribution < -0.4 is 10.2 Å². The van der Waals surface area contributed by atoms with Crippen molar-refractivity contribution in [1.29, 1.82) is 0 Å². The highest BCUT2D eigenvalue weighted by atomic mass is 16.3. The molecule has 0 saturated carbocycles. The van der Waals surface area contributed by atoms with Crippen molar-refractivity contribution in [2.75, 3.05) is 31.1 Å². The lowest BCUT2D eigenvalue weighted by atomic mass is 10.1. The highest BCUT2D eigenvalue weighted by molar-refractivity contribution is 5.65. The molecule has 22 heavy (non-hydrogen) atoms. The largest absolute Gasteiger partial charge is 0.507 e. The SMILES string of the molecule is CC(C)c1nc(-c2ccccc2O)ncc1N1CCNCC1. The van der Waals surface area contributed by atoms with Gasteiger partial charge >= 0.3 is 0 Å². The van der Waals surface area contributed by atoms with E-state index in [1.54, 1.807) is 12.1 Å². The van der Waals surface area contributed by atoms with Gasteiger partial charge in [-0.15, -0.1) is 0 Å². The first-order valence-electron chi connectivity index (χ1n) is 7.78. The van der Waals surface area contributed by atoms with Gasteiger partial charge in [-0.25, -0.2) is 9.97 Å². The number of para-hydroxylation sites is 1. The van der Waals surface area contributed by atoms with Gasteiger partial charge in [0, 0.05) is 26.2 Å². The van der Waals surface area contributed by atoms with Crippen LogP contribution in [0.15, 0.2) is 30.5 Å². The Morgan fingerprint density at radius 2 is 1.91 bits per heavy atom. The number of hydrogen-bond acceptors (Lipinski definition) is 5. The third kappa shape index (κ3) is 2.90. The number of anilines is 1. The normalized spacial score (nSPS) is 15.3. The molecule has 0 atom stereocenters. The van der Waals surface area contributed by atoms with Crippen molar-refractivity contribution >= 4 is 5.69 Å². The number of rotatable bonds is 3. The minimum absolute atomic E-state index is 0.215. The number of phenols is 1. The van der Waals surface area contributed by atoms with Gasteiger partial charge in [0.1, 0.15) is 5.75 Å². The van der Waals surface area contributed by atoms with Crippen molar-refractivity contribution in [2.24, 2.45) is 0 Å². The Labute approximate surface area is 131 Å². The quantitative estimate of drug-likeness (QED) is 0.911. The number of aromatic hydroxyl groups is 1. The van der Waals surface area contributed by atoms with E-state index in [1.807, 2.05) is 18.3 Å². The van der Waals surface area contributed by atoms with Gasteiger partial charge in [0.15, 0.2) is 5.82 Å². The van der Waals surface area contributed by atoms with Crippen molar-refractivity contribution in [3.63, 3.8) is 0 Å². The molecule has 0 amide bonds. The van der Waals surface area contributed by atoms with Gasteiger partial charge in [-0.1, -0.05) is 26.0 Å². The topological polar surface area (TPSA) is 61.3 Å². The average molecular weight is 298 g/mol. The summed E-state index contributed by atoms with van der Waals surface area (Å²) in [6.07, 6.45) is 1.90. The molecule has 5 heteroatoms. The number of phenolic OH excluding ortho intramolecular Hbond substituents is 1. The standard InChI is InChI=1S/C17H22N4O/c1-12(2)16-14(21-9-7-18-8-10-21)11-19-17(20-16)13-5-3-4-6-15(13)22/h3-6,11-12,18,22H,7-10H2,1-2H3. The fourth-order valence-corrected chi connectivity index (χ4v) is 2.76. The first-order chi connectivity index (χ1) is 10.7. The monoisotopic (exact) mass is 298 g/mol. The van der Waals surface area contributed by atoms with Crippen LogP contribution in [0.1, 0.15) is 25.5 Å². The molecule has 1 aliphatic rings. The Balaban J connectivity index is 2.02. The number of piperazine rings is 1. The third-order valence-corrected chi connectivity index (χ3v) is 3.95. The lowest BCUT2D eigenvalue weighted by Gasteiger charge is -2.31. The van der Waals surface area contributed by atoms with Gasteiger partial charge in [-0.05, 0) is 18.1 Å². The fraction of sp³-hybridized carbons (Fsp3) is 0.412. The highest BCUT2D eigenvalue weighted by Gasteiger charge is 2.19. The van der Waals surface area contributed by atoms with Crippen molar-refractivity contribution < 1.29 is 5.11 Å². The van der Waals surface area contributed by atoms with E-state index in [-0.39, 0.29) is 5.75 Å². The Morgan fingerprint density at radius 3 is 2.59 bits per heavy atom. The second kappa shape index (κ2) is 6.32. The molecule has 116 valence electrons. The Bertz CT molecular complexity index is 651. The van der Waals surface area contributed by atoms with Crippen LogP contribution in [-0.2, 0) is 0 Å². The van der Waals surface area contributed by atoms with E-state index in [2.05, 4.69) is 29.0 Å². The lowest BCUT2D eigenvalue weighted by molar-refractivity contribution is 0.477. The van der Waals surface area contributed by atoms with E-state index in [4.69, 9.17) is 4.98 Å². The van der Waals surface area contributed by atoms with Crippen LogP contribution in [0.4, 0.5) is 5.69 Å². The van der Waals surface area contributed by atoms with Crippen molar-refractivity contribution in [3.8, 4) is 17.1 Å². The maximum Gasteiger partial charge on any atom is 0.163 e. The molecule has 2 heterocycles. The first-order valence-corrected chi connectivity index (χ1v) is 7.78. The van der Waals surface area contributed by atoms with Crippen molar-refractivity contribution in [1.82, 2.24) is 15.3 Å². The number of nitrogens with one attached hydrogen (secondary N) is 1. The average Bonchev–Trinajstić information content (AvgIpc) is 2.55. The number of benzene rings is 1. The molecule has 1 fully saturated rings. The summed E-state index contributed by atoms with van der Waals surface area (Å²) < 4.78 is 0. The summed E-state index contributed by atoms with van der Waals surface area (Å²) in [5.74, 6) is 1.10. The molecule has 1 aromatic carbocycles. The van der Waals surface area contributed by atoms with Crippen LogP contribution in [0.2, 0.25) is 0 Å². The van der Waals surface area contributed by atoms with Gasteiger partial charge < -0.3 is 15.3 Å². The van der Waals surface area contributed by atoms with Gasteiger partial charge in [-0.2, -0.15) is 0 Å². The first kappa shape index (κ1) is 14.8. The zero-order valence-corrected chi connectivity index (χ0v) is 13.1. The van der Waals surface area contributed by atoms with Crippen molar-refractivity contribution in [2.45, 2.75) is 19.8 Å². The third-order valence-electron chi connectivity index (χ3n) is 3.95. The molecule has 2 aromatic rings. The van der Waals surface area contributed by atoms with Crippen LogP contribution in [0.3, 0.4) is 0 Å². The molecule has 0 aliphatic carbocycles. The van der Waals surface area contributed by atoms with Crippen LogP contribution in [-0.4, -0.2) is 41.3 Å². The molecule has 1 aliphatic heterocycles. The van der Waals surface area contributed by atoms with Gasteiger partial charge in [0.2, 0.25) is 0 Å². The summed E-state index contributed by atoms with van der Waals surface area (Å²) in [4.78, 5) is 11.6. The molecule has 1 aromatic heterocycles. The van der Waals surface area contributed by atoms with Gasteiger partial charge in [-0.3, -0.25) is 0 Å². The number of aromatic nitrogens is 2. The van der Waals surface area contributed by atoms with Gasteiger partial charge in [0.25, 0.3) is 0 Å². The minimum atomic E-state index is 0.215. The maximum atomic E-state index is 10.0. The molecule has 1 saturated heterocycles. The predicted molar refractivity (Wildman–Crippen MR) is 88.3 cm³/mol. The summed E-state index contributed by atoms with van der Waals surface area (Å²) in [5, 5.41) is 13.4. The summed E-state index contributed by atoms with van der Waals surface area (Å²) in [5.41, 5.74) is 2.82. The van der Waals surface area contributed by atoms with Crippen LogP contribution in [0, 0.1) is 0 Å². The lowest BCUT2D eigenvalue weighted by Crippen LogP contribution is -2.44. The summed E-state index contributed by atoms with van der Waals surface area (Å²) in [7, 11) is 0. The van der Waals surface area contributed by atoms with E-state index >= 15 is 0 Å². The van der Waals surface area contributed by atoms with E-state index in [1.165, 1.54) is 0 Å². The van der Waals surface area contributed by atoms with Crippen molar-refractivity contribution in [3.05, 3.63) is 36.2 Å². The zero-order chi connectivity index (χ0) is 15.5. The summed E-state index contributed by atoms with van der Waals surface area (Å²) in [6.45, 7) is 8.20. The maximum absolute atomic E-state index is 10.0. The van der Waals surface area contributed by atoms with Crippen LogP contribution in [0.25, 0.3) is 11.4 Å². The van der Waals surface area contributed by atoms with E-state index < -0.39 is 0 Å². The molecule has 0 bridgehead atoms. The smallest absolute Gasteiger partial charge is 0.163 e. The Morgan fingerprint density at radius 1 is 1.18 bits per heavy atom. The molecule has 3 rings (SSSR count). The van der Waals surface area contributed by atoms with E-state index in [0.717, 1.165) is 37.6 Å². The number of hydrogen-bond donors (Lipinski definition) is 2. The Kier molecular flexibility index (Phi) is 4.24.